The summed E-state index contributed by atoms with van der Waals surface area (Å²) in [6, 6.07) is 9.57. The smallest absolute Gasteiger partial charge is 0.119 e. The molecule has 3 heterocycles. The molecule has 2 atom stereocenters. The maximum Gasteiger partial charge on any atom is 0.119 e. The van der Waals surface area contributed by atoms with Gasteiger partial charge in [0.2, 0.25) is 0 Å². The Labute approximate surface area is 128 Å². The molecule has 4 heteroatoms. The van der Waals surface area contributed by atoms with E-state index in [1.807, 2.05) is 0 Å². The molecule has 1 N–H and O–H groups in total. The molecule has 0 spiro atoms. The molecule has 4 rings (SSSR count). The van der Waals surface area contributed by atoms with Gasteiger partial charge in [0.25, 0.3) is 0 Å². The molecule has 21 heavy (non-hydrogen) atoms. The average molecular weight is 289 g/mol. The van der Waals surface area contributed by atoms with Gasteiger partial charge in [0.05, 0.1) is 6.10 Å². The molecule has 0 radical (unpaired) electrons. The van der Waals surface area contributed by atoms with Crippen LogP contribution >= 0.6 is 0 Å². The van der Waals surface area contributed by atoms with E-state index < -0.39 is 0 Å². The van der Waals surface area contributed by atoms with Crippen LogP contribution in [-0.2, 0) is 0 Å². The molecule has 0 saturated carbocycles. The van der Waals surface area contributed by atoms with Gasteiger partial charge < -0.3 is 10.1 Å². The lowest BCUT2D eigenvalue weighted by Crippen LogP contribution is -2.63. The highest BCUT2D eigenvalue weighted by Crippen LogP contribution is 2.28. The van der Waals surface area contributed by atoms with E-state index in [-0.39, 0.29) is 6.10 Å². The zero-order valence-corrected chi connectivity index (χ0v) is 13.4. The van der Waals surface area contributed by atoms with Crippen LogP contribution in [0.5, 0.6) is 5.75 Å². The van der Waals surface area contributed by atoms with Crippen molar-refractivity contribution in [3.05, 3.63) is 29.8 Å². The lowest BCUT2D eigenvalue weighted by Gasteiger charge is -2.50. The number of hydrogen-bond acceptors (Lipinski definition) is 4. The van der Waals surface area contributed by atoms with E-state index in [1.54, 1.807) is 0 Å². The molecule has 116 valence electrons. The van der Waals surface area contributed by atoms with Gasteiger partial charge in [-0.2, -0.15) is 0 Å². The molecule has 0 aliphatic carbocycles. The quantitative estimate of drug-likeness (QED) is 0.893. The molecule has 1 aromatic rings. The van der Waals surface area contributed by atoms with Crippen LogP contribution in [0.15, 0.2) is 24.3 Å². The molecule has 4 nitrogen and oxygen atoms in total. The zero-order chi connectivity index (χ0) is 14.8. The normalized spacial score (nSPS) is 29.6. The summed E-state index contributed by atoms with van der Waals surface area (Å²) in [5.74, 6) is 0.956. The van der Waals surface area contributed by atoms with Gasteiger partial charge in [0, 0.05) is 44.8 Å². The first-order valence-electron chi connectivity index (χ1n) is 8.07. The topological polar surface area (TPSA) is 27.7 Å². The Kier molecular flexibility index (Phi) is 4.48. The van der Waals surface area contributed by atoms with Crippen molar-refractivity contribution in [1.82, 2.24) is 15.1 Å². The molecule has 3 saturated heterocycles. The van der Waals surface area contributed by atoms with Gasteiger partial charge in [-0.1, -0.05) is 12.1 Å². The van der Waals surface area contributed by atoms with Crippen LogP contribution in [0, 0.1) is 0 Å². The van der Waals surface area contributed by atoms with E-state index in [0.29, 0.717) is 12.1 Å². The lowest BCUT2D eigenvalue weighted by molar-refractivity contribution is -0.00255. The van der Waals surface area contributed by atoms with Crippen LogP contribution in [0.4, 0.5) is 0 Å². The third-order valence-corrected chi connectivity index (χ3v) is 4.63. The molecule has 3 fully saturated rings. The first-order valence-corrected chi connectivity index (χ1v) is 8.07. The lowest BCUT2D eigenvalue weighted by atomic mass is 9.94. The fourth-order valence-corrected chi connectivity index (χ4v) is 3.58. The fourth-order valence-electron chi connectivity index (χ4n) is 3.58. The van der Waals surface area contributed by atoms with Gasteiger partial charge in [-0.25, -0.2) is 0 Å². The molecule has 3 aliphatic rings. The number of likely N-dealkylation sites (N-methyl/N-ethyl adjacent to an activating group) is 1. The van der Waals surface area contributed by atoms with Crippen molar-refractivity contribution in [1.29, 1.82) is 0 Å². The minimum Gasteiger partial charge on any atom is -0.491 e. The summed E-state index contributed by atoms with van der Waals surface area (Å²) in [6.45, 7) is 10.2. The van der Waals surface area contributed by atoms with Gasteiger partial charge >= 0.3 is 0 Å². The number of rotatable bonds is 5. The second-order valence-electron chi connectivity index (χ2n) is 6.41. The third kappa shape index (κ3) is 3.23. The van der Waals surface area contributed by atoms with Crippen LogP contribution in [-0.4, -0.2) is 61.7 Å². The highest BCUT2D eigenvalue weighted by atomic mass is 16.5. The van der Waals surface area contributed by atoms with Gasteiger partial charge in [-0.05, 0) is 38.6 Å². The highest BCUT2D eigenvalue weighted by molar-refractivity contribution is 5.30. The SMILES string of the molecule is CNC(c1ccc(OC(C)C)cc1)C1CN2CCN1CC2. The average Bonchev–Trinajstić information content (AvgIpc) is 2.50. The van der Waals surface area contributed by atoms with Crippen molar-refractivity contribution < 1.29 is 4.74 Å². The molecule has 1 aromatic carbocycles. The number of fused-ring (bicyclic) bond motifs is 3. The van der Waals surface area contributed by atoms with Crippen molar-refractivity contribution >= 4 is 0 Å². The van der Waals surface area contributed by atoms with Crippen LogP contribution < -0.4 is 10.1 Å². The van der Waals surface area contributed by atoms with E-state index in [9.17, 15) is 0 Å². The Bertz CT molecular complexity index is 452. The third-order valence-electron chi connectivity index (χ3n) is 4.63. The van der Waals surface area contributed by atoms with E-state index in [2.05, 4.69) is 60.3 Å². The fraction of sp³-hybridized carbons (Fsp3) is 0.647. The number of benzene rings is 1. The van der Waals surface area contributed by atoms with Crippen molar-refractivity contribution in [2.75, 3.05) is 39.8 Å². The number of piperazine rings is 3. The van der Waals surface area contributed by atoms with Crippen molar-refractivity contribution in [2.45, 2.75) is 32.0 Å². The number of ether oxygens (including phenoxy) is 1. The van der Waals surface area contributed by atoms with Gasteiger partial charge in [0.15, 0.2) is 0 Å². The molecule has 3 aliphatic heterocycles. The van der Waals surface area contributed by atoms with E-state index in [1.165, 1.54) is 38.3 Å². The number of hydrogen-bond donors (Lipinski definition) is 1. The van der Waals surface area contributed by atoms with E-state index in [0.717, 1.165) is 5.75 Å². The summed E-state index contributed by atoms with van der Waals surface area (Å²) < 4.78 is 5.74. The first-order chi connectivity index (χ1) is 10.2. The zero-order valence-electron chi connectivity index (χ0n) is 13.4. The Morgan fingerprint density at radius 3 is 2.24 bits per heavy atom. The largest absolute Gasteiger partial charge is 0.491 e. The van der Waals surface area contributed by atoms with Crippen molar-refractivity contribution in [2.24, 2.45) is 0 Å². The molecule has 0 aromatic heterocycles. The van der Waals surface area contributed by atoms with Crippen LogP contribution in [0.2, 0.25) is 0 Å². The van der Waals surface area contributed by atoms with Gasteiger partial charge in [0.1, 0.15) is 5.75 Å². The minimum atomic E-state index is 0.226. The maximum atomic E-state index is 5.74. The Morgan fingerprint density at radius 2 is 1.76 bits per heavy atom. The highest BCUT2D eigenvalue weighted by Gasteiger charge is 2.36. The standard InChI is InChI=1S/C17H27N3O/c1-13(2)21-15-6-4-14(5-7-15)17(18-3)16-12-19-8-10-20(16)11-9-19/h4-7,13,16-18H,8-12H2,1-3H3. The van der Waals surface area contributed by atoms with E-state index >= 15 is 0 Å². The van der Waals surface area contributed by atoms with Gasteiger partial charge in [-0.3, -0.25) is 9.80 Å². The van der Waals surface area contributed by atoms with Crippen molar-refractivity contribution in [3.8, 4) is 5.75 Å². The molecule has 0 amide bonds. The van der Waals surface area contributed by atoms with Crippen LogP contribution in [0.1, 0.15) is 25.5 Å². The Morgan fingerprint density at radius 1 is 1.10 bits per heavy atom. The van der Waals surface area contributed by atoms with Gasteiger partial charge in [-0.15, -0.1) is 0 Å². The minimum absolute atomic E-state index is 0.226. The summed E-state index contributed by atoms with van der Waals surface area (Å²) >= 11 is 0. The predicted molar refractivity (Wildman–Crippen MR) is 85.8 cm³/mol. The summed E-state index contributed by atoms with van der Waals surface area (Å²) in [5, 5.41) is 3.52. The summed E-state index contributed by atoms with van der Waals surface area (Å²) in [4.78, 5) is 5.23. The van der Waals surface area contributed by atoms with Crippen molar-refractivity contribution in [3.63, 3.8) is 0 Å². The number of nitrogens with zero attached hydrogens (tertiary/aromatic N) is 2. The van der Waals surface area contributed by atoms with Crippen LogP contribution in [0.3, 0.4) is 0 Å². The summed E-state index contributed by atoms with van der Waals surface area (Å²) in [7, 11) is 2.07. The van der Waals surface area contributed by atoms with Crippen LogP contribution in [0.25, 0.3) is 0 Å². The predicted octanol–water partition coefficient (Wildman–Crippen LogP) is 1.73. The molecule has 2 unspecified atom stereocenters. The molecular formula is C17H27N3O. The maximum absolute atomic E-state index is 5.74. The monoisotopic (exact) mass is 289 g/mol. The second-order valence-corrected chi connectivity index (χ2v) is 6.41. The Hall–Kier alpha value is -1.10. The summed E-state index contributed by atoms with van der Waals surface area (Å²) in [5.41, 5.74) is 1.35. The molecular weight excluding hydrogens is 262 g/mol. The molecule has 2 bridgehead atoms. The van der Waals surface area contributed by atoms with E-state index in [4.69, 9.17) is 4.74 Å². The summed E-state index contributed by atoms with van der Waals surface area (Å²) in [6.07, 6.45) is 0.226. The Balaban J connectivity index is 1.74. The second kappa shape index (κ2) is 6.34. The number of nitrogens with one attached hydrogen (secondary N) is 1. The first kappa shape index (κ1) is 14.8.